The van der Waals surface area contributed by atoms with Crippen LogP contribution in [0.15, 0.2) is 40.3 Å². The number of benzene rings is 1. The van der Waals surface area contributed by atoms with Gasteiger partial charge < -0.3 is 4.57 Å². The first-order chi connectivity index (χ1) is 13.7. The molecule has 0 saturated carbocycles. The van der Waals surface area contributed by atoms with E-state index in [1.165, 1.54) is 4.68 Å². The number of aromatic amines is 1. The molecule has 0 saturated heterocycles. The molecular weight excluding hydrogens is 396 g/mol. The van der Waals surface area contributed by atoms with Crippen molar-refractivity contribution >= 4 is 51.5 Å². The van der Waals surface area contributed by atoms with Crippen molar-refractivity contribution in [3.63, 3.8) is 0 Å². The highest BCUT2D eigenvalue weighted by atomic mass is 32.2. The number of rotatable bonds is 5. The first-order valence-electron chi connectivity index (χ1n) is 8.65. The molecule has 5 rings (SSSR count). The third-order valence-corrected chi connectivity index (χ3v) is 6.28. The van der Waals surface area contributed by atoms with Gasteiger partial charge in [-0.25, -0.2) is 9.40 Å². The molecular formula is C17H18N8OS2. The van der Waals surface area contributed by atoms with Gasteiger partial charge in [0.2, 0.25) is 0 Å². The van der Waals surface area contributed by atoms with Crippen molar-refractivity contribution < 1.29 is 0 Å². The molecule has 1 aliphatic heterocycles. The quantitative estimate of drug-likeness (QED) is 0.428. The van der Waals surface area contributed by atoms with E-state index in [9.17, 15) is 4.79 Å². The summed E-state index contributed by atoms with van der Waals surface area (Å²) in [4.78, 5) is 14.2. The monoisotopic (exact) mass is 414 g/mol. The zero-order valence-electron chi connectivity index (χ0n) is 15.3. The van der Waals surface area contributed by atoms with E-state index in [4.69, 9.17) is 0 Å². The molecule has 1 aliphatic rings. The van der Waals surface area contributed by atoms with Crippen LogP contribution in [0.3, 0.4) is 0 Å². The Hall–Kier alpha value is -2.47. The molecule has 0 aliphatic carbocycles. The van der Waals surface area contributed by atoms with Crippen LogP contribution in [0.4, 0.5) is 5.82 Å². The smallest absolute Gasteiger partial charge is 0.291 e. The highest BCUT2D eigenvalue weighted by Gasteiger charge is 2.28. The number of aromatic nitrogens is 5. The van der Waals surface area contributed by atoms with Crippen LogP contribution >= 0.6 is 23.9 Å². The fourth-order valence-corrected chi connectivity index (χ4v) is 4.80. The Morgan fingerprint density at radius 2 is 2.18 bits per heavy atom. The van der Waals surface area contributed by atoms with Gasteiger partial charge in [-0.15, -0.1) is 4.41 Å². The lowest BCUT2D eigenvalue weighted by molar-refractivity contribution is 0.557. The maximum atomic E-state index is 13.2. The van der Waals surface area contributed by atoms with E-state index in [0.717, 1.165) is 32.6 Å². The average molecular weight is 415 g/mol. The molecule has 4 heterocycles. The third-order valence-electron chi connectivity index (χ3n) is 4.83. The molecule has 0 amide bonds. The molecule has 3 aromatic heterocycles. The molecule has 144 valence electrons. The van der Waals surface area contributed by atoms with E-state index in [1.54, 1.807) is 36.3 Å². The van der Waals surface area contributed by atoms with E-state index in [0.29, 0.717) is 18.7 Å². The predicted octanol–water partition coefficient (Wildman–Crippen LogP) is 2.13. The number of fused-ring (bicyclic) bond motifs is 4. The third kappa shape index (κ3) is 2.70. The maximum absolute atomic E-state index is 13.2. The number of hydrogen-bond acceptors (Lipinski definition) is 8. The minimum absolute atomic E-state index is 0.105. The van der Waals surface area contributed by atoms with Crippen molar-refractivity contribution in [3.8, 4) is 0 Å². The zero-order chi connectivity index (χ0) is 19.3. The number of nitrogens with one attached hydrogen (secondary N) is 3. The van der Waals surface area contributed by atoms with Gasteiger partial charge >= 0.3 is 0 Å². The van der Waals surface area contributed by atoms with Crippen LogP contribution in [0, 0.1) is 0 Å². The molecule has 0 bridgehead atoms. The summed E-state index contributed by atoms with van der Waals surface area (Å²) in [5.74, 6) is 0.913. The average Bonchev–Trinajstić information content (AvgIpc) is 3.39. The summed E-state index contributed by atoms with van der Waals surface area (Å²) in [5.41, 5.74) is 5.84. The van der Waals surface area contributed by atoms with Crippen LogP contribution < -0.4 is 15.7 Å². The standard InChI is InChI=1S/C17H18N8OS2/c1-23-14-12(15-16(23)22-25(28-15)9-20-27-2)7-19-24(17(14)26)8-10-4-3-5-13-11(10)6-18-21-13/h3-7,20,22H,8-9H2,1-2H3,(H,18,21). The van der Waals surface area contributed by atoms with Gasteiger partial charge in [0.15, 0.2) is 0 Å². The molecule has 3 N–H and O–H groups in total. The van der Waals surface area contributed by atoms with Gasteiger partial charge in [-0.1, -0.05) is 24.1 Å². The minimum atomic E-state index is -0.105. The van der Waals surface area contributed by atoms with Crippen molar-refractivity contribution in [2.75, 3.05) is 18.4 Å². The van der Waals surface area contributed by atoms with E-state index >= 15 is 0 Å². The highest BCUT2D eigenvalue weighted by Crippen LogP contribution is 2.42. The SMILES string of the molecule is CSNCN1Nc2c(c3cnn(Cc4cccc5[nH]ncc45)c(=O)c3n2C)S1. The van der Waals surface area contributed by atoms with Crippen molar-refractivity contribution in [2.45, 2.75) is 11.4 Å². The summed E-state index contributed by atoms with van der Waals surface area (Å²) in [7, 11) is 1.91. The Kier molecular flexibility index (Phi) is 4.31. The number of aryl methyl sites for hydroxylation is 1. The van der Waals surface area contributed by atoms with Gasteiger partial charge in [0.1, 0.15) is 11.3 Å². The van der Waals surface area contributed by atoms with Gasteiger partial charge in [-0.2, -0.15) is 10.2 Å². The van der Waals surface area contributed by atoms with Gasteiger partial charge in [-0.3, -0.25) is 15.3 Å². The lowest BCUT2D eigenvalue weighted by atomic mass is 10.1. The molecule has 11 heteroatoms. The van der Waals surface area contributed by atoms with Crippen molar-refractivity contribution in [2.24, 2.45) is 7.05 Å². The number of anilines is 1. The molecule has 9 nitrogen and oxygen atoms in total. The van der Waals surface area contributed by atoms with Gasteiger partial charge in [0.05, 0.1) is 36.0 Å². The lowest BCUT2D eigenvalue weighted by Crippen LogP contribution is -2.28. The summed E-state index contributed by atoms with van der Waals surface area (Å²) in [6.45, 7) is 1.06. The molecule has 0 atom stereocenters. The Bertz CT molecular complexity index is 1240. The first kappa shape index (κ1) is 17.6. The predicted molar refractivity (Wildman–Crippen MR) is 113 cm³/mol. The molecule has 4 aromatic rings. The van der Waals surface area contributed by atoms with E-state index in [2.05, 4.69) is 25.4 Å². The second kappa shape index (κ2) is 6.85. The maximum Gasteiger partial charge on any atom is 0.291 e. The van der Waals surface area contributed by atoms with Crippen LogP contribution in [0.2, 0.25) is 0 Å². The Labute approximate surface area is 168 Å². The molecule has 0 fully saturated rings. The molecule has 0 spiro atoms. The van der Waals surface area contributed by atoms with Gasteiger partial charge in [0, 0.05) is 17.8 Å². The molecule has 0 unspecified atom stereocenters. The Balaban J connectivity index is 1.54. The highest BCUT2D eigenvalue weighted by molar-refractivity contribution is 7.98. The molecule has 1 aromatic carbocycles. The van der Waals surface area contributed by atoms with E-state index < -0.39 is 0 Å². The second-order valence-corrected chi connectivity index (χ2v) is 8.17. The normalized spacial score (nSPS) is 14.1. The van der Waals surface area contributed by atoms with Crippen molar-refractivity contribution in [3.05, 3.63) is 46.5 Å². The van der Waals surface area contributed by atoms with Crippen LogP contribution in [-0.2, 0) is 13.6 Å². The second-order valence-electron chi connectivity index (χ2n) is 6.44. The molecule has 0 radical (unpaired) electrons. The van der Waals surface area contributed by atoms with Crippen LogP contribution in [0.1, 0.15) is 5.56 Å². The van der Waals surface area contributed by atoms with E-state index in [1.807, 2.05) is 40.5 Å². The topological polar surface area (TPSA) is 95.8 Å². The molecule has 28 heavy (non-hydrogen) atoms. The zero-order valence-corrected chi connectivity index (χ0v) is 16.9. The number of hydrazine groups is 1. The first-order valence-corrected chi connectivity index (χ1v) is 10.6. The van der Waals surface area contributed by atoms with Gasteiger partial charge in [0.25, 0.3) is 5.56 Å². The number of nitrogens with zero attached hydrogens (tertiary/aromatic N) is 5. The van der Waals surface area contributed by atoms with Crippen LogP contribution in [0.5, 0.6) is 0 Å². The summed E-state index contributed by atoms with van der Waals surface area (Å²) in [5, 5.41) is 13.4. The van der Waals surface area contributed by atoms with Crippen LogP contribution in [-0.4, -0.2) is 41.9 Å². The van der Waals surface area contributed by atoms with Gasteiger partial charge in [-0.05, 0) is 29.8 Å². The number of H-pyrrole nitrogens is 1. The van der Waals surface area contributed by atoms with Crippen molar-refractivity contribution in [1.29, 1.82) is 0 Å². The lowest BCUT2D eigenvalue weighted by Gasteiger charge is -2.15. The summed E-state index contributed by atoms with van der Waals surface area (Å²) in [6, 6.07) is 5.91. The fraction of sp³-hybridized carbons (Fsp3) is 0.235. The largest absolute Gasteiger partial charge is 0.324 e. The summed E-state index contributed by atoms with van der Waals surface area (Å²) >= 11 is 3.13. The summed E-state index contributed by atoms with van der Waals surface area (Å²) < 4.78 is 8.62. The van der Waals surface area contributed by atoms with E-state index in [-0.39, 0.29) is 5.56 Å². The fourth-order valence-electron chi connectivity index (χ4n) is 3.47. The Morgan fingerprint density at radius 1 is 1.29 bits per heavy atom. The number of hydrogen-bond donors (Lipinski definition) is 3. The Morgan fingerprint density at radius 3 is 3.04 bits per heavy atom. The minimum Gasteiger partial charge on any atom is -0.324 e. The van der Waals surface area contributed by atoms with Crippen LogP contribution in [0.25, 0.3) is 21.8 Å². The summed E-state index contributed by atoms with van der Waals surface area (Å²) in [6.07, 6.45) is 5.55. The van der Waals surface area contributed by atoms with Crippen molar-refractivity contribution in [1.82, 2.24) is 33.7 Å².